The summed E-state index contributed by atoms with van der Waals surface area (Å²) >= 11 is 0. The first-order valence-corrected chi connectivity index (χ1v) is 8.54. The van der Waals surface area contributed by atoms with Gasteiger partial charge in [0.1, 0.15) is 12.1 Å². The monoisotopic (exact) mass is 331 g/mol. The summed E-state index contributed by atoms with van der Waals surface area (Å²) in [5.41, 5.74) is 0.856. The van der Waals surface area contributed by atoms with Crippen LogP contribution in [0, 0.1) is 0 Å². The van der Waals surface area contributed by atoms with E-state index in [0.717, 1.165) is 31.2 Å². The molecule has 1 aromatic rings. The van der Waals surface area contributed by atoms with Crippen LogP contribution in [0.2, 0.25) is 0 Å². The topological polar surface area (TPSA) is 72.0 Å². The number of fused-ring (bicyclic) bond motifs is 1. The molecule has 0 spiro atoms. The van der Waals surface area contributed by atoms with Crippen LogP contribution >= 0.6 is 0 Å². The Kier molecular flexibility index (Phi) is 4.10. The van der Waals surface area contributed by atoms with Crippen molar-refractivity contribution in [3.63, 3.8) is 0 Å². The van der Waals surface area contributed by atoms with E-state index in [1.807, 2.05) is 12.1 Å². The van der Waals surface area contributed by atoms with E-state index >= 15 is 0 Å². The number of hydrogen-bond acceptors (Lipinski definition) is 5. The van der Waals surface area contributed by atoms with Gasteiger partial charge in [0.05, 0.1) is 19.8 Å². The van der Waals surface area contributed by atoms with Crippen molar-refractivity contribution in [3.05, 3.63) is 23.9 Å². The average molecular weight is 331 g/mol. The lowest BCUT2D eigenvalue weighted by Crippen LogP contribution is -2.32. The van der Waals surface area contributed by atoms with Crippen LogP contribution in [-0.4, -0.2) is 58.6 Å². The number of hydrogen-bond donors (Lipinski definition) is 0. The van der Waals surface area contributed by atoms with E-state index in [1.54, 1.807) is 11.1 Å². The van der Waals surface area contributed by atoms with Crippen LogP contribution in [0.25, 0.3) is 0 Å². The third-order valence-corrected chi connectivity index (χ3v) is 4.88. The van der Waals surface area contributed by atoms with Crippen LogP contribution in [0.5, 0.6) is 5.88 Å². The second kappa shape index (κ2) is 6.39. The van der Waals surface area contributed by atoms with Gasteiger partial charge in [-0.2, -0.15) is 0 Å². The minimum Gasteiger partial charge on any atom is -0.474 e. The zero-order valence-electron chi connectivity index (χ0n) is 13.5. The highest BCUT2D eigenvalue weighted by atomic mass is 16.5. The highest BCUT2D eigenvalue weighted by Crippen LogP contribution is 2.28. The Morgan fingerprint density at radius 2 is 2.08 bits per heavy atom. The van der Waals surface area contributed by atoms with Gasteiger partial charge in [0, 0.05) is 31.6 Å². The number of carbonyl (C=O) groups excluding carboxylic acids is 2. The Morgan fingerprint density at radius 1 is 1.25 bits per heavy atom. The molecule has 0 radical (unpaired) electrons. The number of rotatable bonds is 4. The number of nitrogens with zero attached hydrogens (tertiary/aromatic N) is 3. The molecule has 7 nitrogen and oxygen atoms in total. The summed E-state index contributed by atoms with van der Waals surface area (Å²) in [5, 5.41) is 0. The first-order chi connectivity index (χ1) is 11.7. The molecule has 24 heavy (non-hydrogen) atoms. The quantitative estimate of drug-likeness (QED) is 0.783. The number of ether oxygens (including phenoxy) is 2. The zero-order valence-corrected chi connectivity index (χ0v) is 13.5. The van der Waals surface area contributed by atoms with Crippen molar-refractivity contribution in [3.8, 4) is 5.88 Å². The number of carbonyl (C=O) groups is 2. The summed E-state index contributed by atoms with van der Waals surface area (Å²) in [7, 11) is 0. The van der Waals surface area contributed by atoms with Gasteiger partial charge in [-0.1, -0.05) is 0 Å². The van der Waals surface area contributed by atoms with Gasteiger partial charge in [-0.15, -0.1) is 0 Å². The van der Waals surface area contributed by atoms with Gasteiger partial charge >= 0.3 is 6.03 Å². The summed E-state index contributed by atoms with van der Waals surface area (Å²) in [5.74, 6) is 0.459. The maximum Gasteiger partial charge on any atom is 0.327 e. The lowest BCUT2D eigenvalue weighted by atomic mass is 10.1. The fourth-order valence-electron chi connectivity index (χ4n) is 3.59. The molecular weight excluding hydrogens is 310 g/mol. The van der Waals surface area contributed by atoms with Crippen LogP contribution in [0.4, 0.5) is 4.79 Å². The largest absolute Gasteiger partial charge is 0.474 e. The number of urea groups is 1. The second-order valence-corrected chi connectivity index (χ2v) is 6.49. The Bertz CT molecular complexity index is 622. The number of amides is 3. The molecule has 4 rings (SSSR count). The van der Waals surface area contributed by atoms with Gasteiger partial charge in [-0.3, -0.25) is 9.69 Å². The summed E-state index contributed by atoms with van der Waals surface area (Å²) in [4.78, 5) is 32.0. The fourth-order valence-corrected chi connectivity index (χ4v) is 3.59. The third-order valence-electron chi connectivity index (χ3n) is 4.88. The van der Waals surface area contributed by atoms with Gasteiger partial charge in [0.15, 0.2) is 0 Å². The molecule has 0 aliphatic carbocycles. The van der Waals surface area contributed by atoms with Crippen molar-refractivity contribution >= 4 is 11.9 Å². The van der Waals surface area contributed by atoms with E-state index in [-0.39, 0.29) is 30.6 Å². The van der Waals surface area contributed by atoms with E-state index in [0.29, 0.717) is 25.6 Å². The molecule has 1 aromatic heterocycles. The minimum atomic E-state index is -0.253. The smallest absolute Gasteiger partial charge is 0.327 e. The van der Waals surface area contributed by atoms with Crippen molar-refractivity contribution in [2.45, 2.75) is 44.4 Å². The minimum absolute atomic E-state index is 0.0822. The highest BCUT2D eigenvalue weighted by Gasteiger charge is 2.47. The van der Waals surface area contributed by atoms with Gasteiger partial charge in [0.25, 0.3) is 5.91 Å². The number of pyridine rings is 1. The standard InChI is InChI=1S/C17H21N3O4/c21-16-14-2-1-7-19(14)17(22)20(16)11-12-3-6-18-15(10-12)24-13-4-8-23-9-5-13/h3,6,10,13-14H,1-2,4-5,7-9,11H2/t14-/m1/s1. The first-order valence-electron chi connectivity index (χ1n) is 8.54. The van der Waals surface area contributed by atoms with Crippen molar-refractivity contribution in [2.24, 2.45) is 0 Å². The summed E-state index contributed by atoms with van der Waals surface area (Å²) in [6, 6.07) is 3.21. The van der Waals surface area contributed by atoms with Crippen LogP contribution in [-0.2, 0) is 16.1 Å². The van der Waals surface area contributed by atoms with Crippen molar-refractivity contribution in [1.82, 2.24) is 14.8 Å². The maximum atomic E-state index is 12.4. The number of aromatic nitrogens is 1. The predicted molar refractivity (Wildman–Crippen MR) is 84.4 cm³/mol. The van der Waals surface area contributed by atoms with Crippen molar-refractivity contribution in [1.29, 1.82) is 0 Å². The Hall–Kier alpha value is -2.15. The van der Waals surface area contributed by atoms with Crippen molar-refractivity contribution in [2.75, 3.05) is 19.8 Å². The highest BCUT2D eigenvalue weighted by molar-refractivity contribution is 6.04. The molecule has 0 aromatic carbocycles. The molecule has 3 fully saturated rings. The average Bonchev–Trinajstić information content (AvgIpc) is 3.16. The molecule has 0 bridgehead atoms. The Morgan fingerprint density at radius 3 is 2.88 bits per heavy atom. The first kappa shape index (κ1) is 15.4. The second-order valence-electron chi connectivity index (χ2n) is 6.49. The van der Waals surface area contributed by atoms with E-state index < -0.39 is 0 Å². The molecule has 7 heteroatoms. The molecule has 0 saturated carbocycles. The van der Waals surface area contributed by atoms with Crippen LogP contribution in [0.1, 0.15) is 31.2 Å². The molecular formula is C17H21N3O4. The molecule has 4 heterocycles. The van der Waals surface area contributed by atoms with E-state index in [2.05, 4.69) is 4.98 Å². The molecule has 3 aliphatic heterocycles. The van der Waals surface area contributed by atoms with E-state index in [9.17, 15) is 9.59 Å². The van der Waals surface area contributed by atoms with Gasteiger partial charge in [0.2, 0.25) is 5.88 Å². The maximum absolute atomic E-state index is 12.4. The van der Waals surface area contributed by atoms with E-state index in [4.69, 9.17) is 9.47 Å². The molecule has 3 amide bonds. The fraction of sp³-hybridized carbons (Fsp3) is 0.588. The normalized spacial score (nSPS) is 24.6. The van der Waals surface area contributed by atoms with Gasteiger partial charge in [-0.25, -0.2) is 9.78 Å². The summed E-state index contributed by atoms with van der Waals surface area (Å²) in [6.07, 6.45) is 5.17. The van der Waals surface area contributed by atoms with Crippen molar-refractivity contribution < 1.29 is 19.1 Å². The molecule has 0 N–H and O–H groups in total. The van der Waals surface area contributed by atoms with Crippen LogP contribution in [0.3, 0.4) is 0 Å². The van der Waals surface area contributed by atoms with E-state index in [1.165, 1.54) is 4.90 Å². The zero-order chi connectivity index (χ0) is 16.5. The predicted octanol–water partition coefficient (Wildman–Crippen LogP) is 1.57. The molecule has 128 valence electrons. The molecule has 3 saturated heterocycles. The Balaban J connectivity index is 1.44. The summed E-state index contributed by atoms with van der Waals surface area (Å²) in [6.45, 7) is 2.37. The SMILES string of the molecule is O=C1[C@H]2CCCN2C(=O)N1Cc1ccnc(OC2CCOCC2)c1. The third kappa shape index (κ3) is 2.84. The van der Waals surface area contributed by atoms with Crippen LogP contribution in [0.15, 0.2) is 18.3 Å². The molecule has 1 atom stereocenters. The summed E-state index contributed by atoms with van der Waals surface area (Å²) < 4.78 is 11.2. The lowest BCUT2D eigenvalue weighted by molar-refractivity contribution is -0.128. The van der Waals surface area contributed by atoms with Gasteiger partial charge in [-0.05, 0) is 24.5 Å². The molecule has 0 unspecified atom stereocenters. The Labute approximate surface area is 140 Å². The van der Waals surface area contributed by atoms with Crippen LogP contribution < -0.4 is 4.74 Å². The molecule has 3 aliphatic rings. The lowest BCUT2D eigenvalue weighted by Gasteiger charge is -2.23. The number of imide groups is 1. The van der Waals surface area contributed by atoms with Gasteiger partial charge < -0.3 is 14.4 Å².